The van der Waals surface area contributed by atoms with Crippen molar-refractivity contribution in [2.75, 3.05) is 32.2 Å². The van der Waals surface area contributed by atoms with E-state index in [0.29, 0.717) is 16.8 Å². The molecule has 1 saturated carbocycles. The molecular formula is C16H23ClN2O2. The van der Waals surface area contributed by atoms with E-state index in [2.05, 4.69) is 10.2 Å². The van der Waals surface area contributed by atoms with Gasteiger partial charge in [0.05, 0.1) is 24.9 Å². The van der Waals surface area contributed by atoms with Gasteiger partial charge in [-0.25, -0.2) is 0 Å². The summed E-state index contributed by atoms with van der Waals surface area (Å²) in [4.78, 5) is 2.37. The fourth-order valence-electron chi connectivity index (χ4n) is 3.01. The Morgan fingerprint density at radius 1 is 1.10 bits per heavy atom. The third-order valence-electron chi connectivity index (χ3n) is 4.26. The van der Waals surface area contributed by atoms with Gasteiger partial charge in [-0.2, -0.15) is 0 Å². The van der Waals surface area contributed by atoms with Crippen molar-refractivity contribution < 1.29 is 9.47 Å². The Balaban J connectivity index is 1.79. The molecule has 1 heterocycles. The van der Waals surface area contributed by atoms with Crippen LogP contribution in [-0.4, -0.2) is 39.4 Å². The first-order valence-electron chi connectivity index (χ1n) is 7.63. The maximum atomic E-state index is 6.29. The van der Waals surface area contributed by atoms with Crippen LogP contribution in [0.5, 0.6) is 11.5 Å². The Bertz CT molecular complexity index is 505. The summed E-state index contributed by atoms with van der Waals surface area (Å²) in [5, 5.41) is 4.36. The number of methoxy groups -OCH3 is 2. The molecule has 2 fully saturated rings. The first-order chi connectivity index (χ1) is 10.2. The third kappa shape index (κ3) is 3.38. The number of nitrogens with zero attached hydrogens (tertiary/aromatic N) is 1. The number of hydrogen-bond donors (Lipinski definition) is 1. The first-order valence-corrected chi connectivity index (χ1v) is 8.01. The Morgan fingerprint density at radius 2 is 1.86 bits per heavy atom. The summed E-state index contributed by atoms with van der Waals surface area (Å²) in [6.07, 6.45) is 5.10. The van der Waals surface area contributed by atoms with Gasteiger partial charge in [0, 0.05) is 31.2 Å². The lowest BCUT2D eigenvalue weighted by atomic mass is 10.0. The zero-order valence-corrected chi connectivity index (χ0v) is 13.4. The predicted molar refractivity (Wildman–Crippen MR) is 85.9 cm³/mol. The van der Waals surface area contributed by atoms with Crippen molar-refractivity contribution >= 4 is 17.3 Å². The lowest BCUT2D eigenvalue weighted by Crippen LogP contribution is -2.46. The summed E-state index contributed by atoms with van der Waals surface area (Å²) in [5.41, 5.74) is 1.06. The molecule has 116 valence electrons. The Morgan fingerprint density at radius 3 is 2.52 bits per heavy atom. The first kappa shape index (κ1) is 14.8. The van der Waals surface area contributed by atoms with Crippen molar-refractivity contribution in [1.29, 1.82) is 0 Å². The van der Waals surface area contributed by atoms with Crippen LogP contribution in [0.2, 0.25) is 5.02 Å². The summed E-state index contributed by atoms with van der Waals surface area (Å²) >= 11 is 6.29. The van der Waals surface area contributed by atoms with Gasteiger partial charge in [0.2, 0.25) is 0 Å². The number of benzene rings is 1. The van der Waals surface area contributed by atoms with Gasteiger partial charge in [-0.05, 0) is 31.7 Å². The highest BCUT2D eigenvalue weighted by Crippen LogP contribution is 2.39. The van der Waals surface area contributed by atoms with Gasteiger partial charge in [0.15, 0.2) is 0 Å². The number of nitrogens with one attached hydrogen (secondary N) is 1. The van der Waals surface area contributed by atoms with Crippen molar-refractivity contribution in [3.05, 3.63) is 17.2 Å². The summed E-state index contributed by atoms with van der Waals surface area (Å²) in [5.74, 6) is 1.48. The Labute approximate surface area is 131 Å². The summed E-state index contributed by atoms with van der Waals surface area (Å²) in [6.45, 7) is 2.05. The van der Waals surface area contributed by atoms with E-state index in [9.17, 15) is 0 Å². The predicted octanol–water partition coefficient (Wildman–Crippen LogP) is 3.08. The Kier molecular flexibility index (Phi) is 4.45. The maximum absolute atomic E-state index is 6.29. The zero-order chi connectivity index (χ0) is 14.8. The molecule has 3 rings (SSSR count). The van der Waals surface area contributed by atoms with E-state index in [1.807, 2.05) is 12.1 Å². The molecule has 1 N–H and O–H groups in total. The maximum Gasteiger partial charge on any atom is 0.145 e. The average molecular weight is 311 g/mol. The highest BCUT2D eigenvalue weighted by Gasteiger charge is 2.28. The van der Waals surface area contributed by atoms with Crippen LogP contribution >= 0.6 is 11.6 Å². The van der Waals surface area contributed by atoms with Crippen LogP contribution in [0.4, 0.5) is 5.69 Å². The molecule has 0 spiro atoms. The topological polar surface area (TPSA) is 33.7 Å². The van der Waals surface area contributed by atoms with E-state index in [1.165, 1.54) is 25.7 Å². The van der Waals surface area contributed by atoms with Crippen molar-refractivity contribution in [3.8, 4) is 11.5 Å². The standard InChI is InChI=1S/C16H23ClN2O2/c1-20-15-9-16(21-2)14(8-13(15)17)19-7-3-4-12(10-19)18-11-5-6-11/h8-9,11-12,18H,3-7,10H2,1-2H3. The molecular weight excluding hydrogens is 288 g/mol. The largest absolute Gasteiger partial charge is 0.495 e. The minimum Gasteiger partial charge on any atom is -0.495 e. The zero-order valence-electron chi connectivity index (χ0n) is 12.7. The van der Waals surface area contributed by atoms with Crippen molar-refractivity contribution in [1.82, 2.24) is 5.32 Å². The normalized spacial score (nSPS) is 22.2. The van der Waals surface area contributed by atoms with Crippen LogP contribution in [0.25, 0.3) is 0 Å². The van der Waals surface area contributed by atoms with E-state index in [1.54, 1.807) is 14.2 Å². The number of hydrogen-bond acceptors (Lipinski definition) is 4. The molecule has 0 bridgehead atoms. The van der Waals surface area contributed by atoms with E-state index in [0.717, 1.165) is 30.6 Å². The van der Waals surface area contributed by atoms with E-state index >= 15 is 0 Å². The smallest absolute Gasteiger partial charge is 0.145 e. The second-order valence-corrected chi connectivity index (χ2v) is 6.29. The van der Waals surface area contributed by atoms with E-state index in [4.69, 9.17) is 21.1 Å². The van der Waals surface area contributed by atoms with Crippen molar-refractivity contribution in [3.63, 3.8) is 0 Å². The van der Waals surface area contributed by atoms with Crippen molar-refractivity contribution in [2.24, 2.45) is 0 Å². The Hall–Kier alpha value is -1.13. The lowest BCUT2D eigenvalue weighted by Gasteiger charge is -2.35. The van der Waals surface area contributed by atoms with Gasteiger partial charge in [-0.1, -0.05) is 11.6 Å². The van der Waals surface area contributed by atoms with Crippen LogP contribution in [0.1, 0.15) is 25.7 Å². The van der Waals surface area contributed by atoms with E-state index in [-0.39, 0.29) is 0 Å². The fraction of sp³-hybridized carbons (Fsp3) is 0.625. The molecule has 1 aromatic rings. The molecule has 1 atom stereocenters. The highest BCUT2D eigenvalue weighted by molar-refractivity contribution is 6.32. The van der Waals surface area contributed by atoms with Crippen LogP contribution in [0, 0.1) is 0 Å². The van der Waals surface area contributed by atoms with Gasteiger partial charge >= 0.3 is 0 Å². The lowest BCUT2D eigenvalue weighted by molar-refractivity contribution is 0.388. The number of anilines is 1. The van der Waals surface area contributed by atoms with Crippen LogP contribution in [0.15, 0.2) is 12.1 Å². The van der Waals surface area contributed by atoms with Crippen LogP contribution in [0.3, 0.4) is 0 Å². The van der Waals surface area contributed by atoms with Gasteiger partial charge in [0.25, 0.3) is 0 Å². The van der Waals surface area contributed by atoms with Crippen LogP contribution in [-0.2, 0) is 0 Å². The van der Waals surface area contributed by atoms with Gasteiger partial charge < -0.3 is 19.7 Å². The summed E-state index contributed by atoms with van der Waals surface area (Å²) < 4.78 is 10.8. The second-order valence-electron chi connectivity index (χ2n) is 5.88. The molecule has 0 amide bonds. The number of piperidine rings is 1. The van der Waals surface area contributed by atoms with Gasteiger partial charge in [0.1, 0.15) is 11.5 Å². The molecule has 1 aromatic carbocycles. The summed E-state index contributed by atoms with van der Waals surface area (Å²) in [6, 6.07) is 5.14. The molecule has 1 unspecified atom stereocenters. The number of halogens is 1. The molecule has 4 nitrogen and oxygen atoms in total. The SMILES string of the molecule is COc1cc(OC)c(N2CCCC(NC3CC3)C2)cc1Cl. The van der Waals surface area contributed by atoms with Crippen LogP contribution < -0.4 is 19.7 Å². The molecule has 1 saturated heterocycles. The molecule has 2 aliphatic rings. The molecule has 5 heteroatoms. The third-order valence-corrected chi connectivity index (χ3v) is 4.56. The molecule has 21 heavy (non-hydrogen) atoms. The molecule has 1 aliphatic heterocycles. The van der Waals surface area contributed by atoms with Gasteiger partial charge in [-0.15, -0.1) is 0 Å². The second kappa shape index (κ2) is 6.32. The monoisotopic (exact) mass is 310 g/mol. The van der Waals surface area contributed by atoms with E-state index < -0.39 is 0 Å². The minimum absolute atomic E-state index is 0.567. The highest BCUT2D eigenvalue weighted by atomic mass is 35.5. The molecule has 1 aliphatic carbocycles. The molecule has 0 aromatic heterocycles. The summed E-state index contributed by atoms with van der Waals surface area (Å²) in [7, 11) is 3.31. The fourth-order valence-corrected chi connectivity index (χ4v) is 3.24. The van der Waals surface area contributed by atoms with Gasteiger partial charge in [-0.3, -0.25) is 0 Å². The van der Waals surface area contributed by atoms with Crippen molar-refractivity contribution in [2.45, 2.75) is 37.8 Å². The number of ether oxygens (including phenoxy) is 2. The minimum atomic E-state index is 0.567. The average Bonchev–Trinajstić information content (AvgIpc) is 3.31. The number of rotatable bonds is 5. The molecule has 0 radical (unpaired) electrons. The quantitative estimate of drug-likeness (QED) is 0.906.